The predicted octanol–water partition coefficient (Wildman–Crippen LogP) is 2.90. The van der Waals surface area contributed by atoms with E-state index in [0.717, 1.165) is 0 Å². The van der Waals surface area contributed by atoms with Crippen LogP contribution in [0.25, 0.3) is 11.3 Å². The van der Waals surface area contributed by atoms with Gasteiger partial charge in [-0.2, -0.15) is 5.26 Å². The summed E-state index contributed by atoms with van der Waals surface area (Å²) < 4.78 is 18.4. The van der Waals surface area contributed by atoms with Crippen LogP contribution in [0.3, 0.4) is 0 Å². The summed E-state index contributed by atoms with van der Waals surface area (Å²) in [5, 5.41) is 21.3. The summed E-state index contributed by atoms with van der Waals surface area (Å²) in [6.45, 7) is 0.882. The molecule has 9 nitrogen and oxygen atoms in total. The van der Waals surface area contributed by atoms with Crippen LogP contribution in [0.4, 0.5) is 0 Å². The van der Waals surface area contributed by atoms with Crippen molar-refractivity contribution in [3.05, 3.63) is 62.3 Å². The Kier molecular flexibility index (Phi) is 5.70. The number of fused-ring (bicyclic) bond motifs is 3. The molecule has 0 saturated carbocycles. The van der Waals surface area contributed by atoms with Crippen LogP contribution in [-0.4, -0.2) is 41.0 Å². The third-order valence-corrected chi connectivity index (χ3v) is 5.50. The fourth-order valence-corrected chi connectivity index (χ4v) is 3.94. The minimum absolute atomic E-state index is 0.272. The van der Waals surface area contributed by atoms with Gasteiger partial charge in [0.1, 0.15) is 23.1 Å². The molecule has 0 amide bonds. The molecule has 0 aliphatic carbocycles. The molecule has 1 atom stereocenters. The second-order valence-corrected chi connectivity index (χ2v) is 7.57. The van der Waals surface area contributed by atoms with Gasteiger partial charge in [0.15, 0.2) is 10.4 Å². The summed E-state index contributed by atoms with van der Waals surface area (Å²) in [5.41, 5.74) is 0.175. The Bertz CT molecular complexity index is 1230. The SMILES string of the molecule is COCCCOc1cc2c(cc1C#N)-c1cc(=O)c(C(=O)O)cn1C(c1nccs1)O2. The average Bonchev–Trinajstić information content (AvgIpc) is 3.29. The largest absolute Gasteiger partial charge is 0.492 e. The third kappa shape index (κ3) is 3.88. The zero-order valence-electron chi connectivity index (χ0n) is 16.4. The Morgan fingerprint density at radius 3 is 2.90 bits per heavy atom. The van der Waals surface area contributed by atoms with Gasteiger partial charge in [-0.25, -0.2) is 9.78 Å². The molecular formula is C21H17N3O6S. The van der Waals surface area contributed by atoms with E-state index in [1.165, 1.54) is 23.6 Å². The molecule has 0 bridgehead atoms. The molecule has 0 radical (unpaired) electrons. The van der Waals surface area contributed by atoms with Crippen LogP contribution < -0.4 is 14.9 Å². The predicted molar refractivity (Wildman–Crippen MR) is 111 cm³/mol. The van der Waals surface area contributed by atoms with E-state index >= 15 is 0 Å². The Labute approximate surface area is 180 Å². The molecule has 2 aromatic heterocycles. The Morgan fingerprint density at radius 2 is 2.23 bits per heavy atom. The van der Waals surface area contributed by atoms with E-state index in [4.69, 9.17) is 14.2 Å². The van der Waals surface area contributed by atoms with Gasteiger partial charge in [-0.05, 0) is 6.07 Å². The van der Waals surface area contributed by atoms with Gasteiger partial charge in [-0.1, -0.05) is 0 Å². The van der Waals surface area contributed by atoms with Crippen LogP contribution in [0.1, 0.15) is 33.6 Å². The second-order valence-electron chi connectivity index (χ2n) is 6.64. The average molecular weight is 439 g/mol. The van der Waals surface area contributed by atoms with Crippen molar-refractivity contribution < 1.29 is 24.1 Å². The lowest BCUT2D eigenvalue weighted by molar-refractivity contribution is 0.0693. The third-order valence-electron chi connectivity index (χ3n) is 4.69. The van der Waals surface area contributed by atoms with Crippen LogP contribution >= 0.6 is 11.3 Å². The molecule has 4 rings (SSSR count). The molecule has 1 aromatic carbocycles. The van der Waals surface area contributed by atoms with Crippen molar-refractivity contribution in [1.82, 2.24) is 9.55 Å². The molecule has 10 heteroatoms. The molecule has 3 aromatic rings. The first-order chi connectivity index (χ1) is 15.0. The fourth-order valence-electron chi connectivity index (χ4n) is 3.27. The van der Waals surface area contributed by atoms with Crippen molar-refractivity contribution in [1.29, 1.82) is 5.26 Å². The number of nitrogens with zero attached hydrogens (tertiary/aromatic N) is 3. The topological polar surface area (TPSA) is 124 Å². The standard InChI is InChI=1S/C21H17N3O6S/c1-28-4-2-5-29-17-9-18-13(7-12(17)10-22)15-8-16(25)14(21(26)27)11-24(15)20(30-18)19-23-3-6-31-19/h3,6-9,11,20H,2,4-5H2,1H3,(H,26,27). The van der Waals surface area contributed by atoms with Gasteiger partial charge in [-0.15, -0.1) is 11.3 Å². The number of hydrogen-bond acceptors (Lipinski definition) is 8. The maximum Gasteiger partial charge on any atom is 0.341 e. The molecule has 0 fully saturated rings. The first-order valence-electron chi connectivity index (χ1n) is 9.29. The number of nitriles is 1. The van der Waals surface area contributed by atoms with Gasteiger partial charge < -0.3 is 23.9 Å². The van der Waals surface area contributed by atoms with E-state index in [0.29, 0.717) is 47.4 Å². The smallest absolute Gasteiger partial charge is 0.341 e. The minimum atomic E-state index is -1.33. The summed E-state index contributed by atoms with van der Waals surface area (Å²) in [4.78, 5) is 28.2. The summed E-state index contributed by atoms with van der Waals surface area (Å²) >= 11 is 1.34. The van der Waals surface area contributed by atoms with Crippen LogP contribution in [0.2, 0.25) is 0 Å². The van der Waals surface area contributed by atoms with E-state index in [1.807, 2.05) is 0 Å². The lowest BCUT2D eigenvalue weighted by Gasteiger charge is -2.30. The van der Waals surface area contributed by atoms with E-state index in [1.54, 1.807) is 35.4 Å². The van der Waals surface area contributed by atoms with Gasteiger partial charge in [0.05, 0.1) is 17.9 Å². The zero-order chi connectivity index (χ0) is 22.0. The molecular weight excluding hydrogens is 422 g/mol. The monoisotopic (exact) mass is 439 g/mol. The van der Waals surface area contributed by atoms with Gasteiger partial charge in [-0.3, -0.25) is 4.79 Å². The molecule has 31 heavy (non-hydrogen) atoms. The second kappa shape index (κ2) is 8.59. The maximum absolute atomic E-state index is 12.4. The number of aromatic nitrogens is 2. The van der Waals surface area contributed by atoms with Crippen LogP contribution in [0.5, 0.6) is 11.5 Å². The van der Waals surface area contributed by atoms with Crippen molar-refractivity contribution in [3.8, 4) is 28.8 Å². The number of pyridine rings is 1. The van der Waals surface area contributed by atoms with E-state index in [-0.39, 0.29) is 11.1 Å². The summed E-state index contributed by atoms with van der Waals surface area (Å²) in [6, 6.07) is 6.52. The number of ether oxygens (including phenoxy) is 3. The lowest BCUT2D eigenvalue weighted by Crippen LogP contribution is -2.27. The van der Waals surface area contributed by atoms with Crippen molar-refractivity contribution >= 4 is 17.3 Å². The lowest BCUT2D eigenvalue weighted by atomic mass is 10.0. The summed E-state index contributed by atoms with van der Waals surface area (Å²) in [7, 11) is 1.60. The van der Waals surface area contributed by atoms with Crippen molar-refractivity contribution in [2.45, 2.75) is 12.6 Å². The number of methoxy groups -OCH3 is 1. The molecule has 0 saturated heterocycles. The van der Waals surface area contributed by atoms with Gasteiger partial charge in [0.25, 0.3) is 0 Å². The Balaban J connectivity index is 1.85. The summed E-state index contributed by atoms with van der Waals surface area (Å²) in [6.07, 6.45) is 2.74. The highest BCUT2D eigenvalue weighted by Crippen LogP contribution is 2.43. The van der Waals surface area contributed by atoms with Crippen LogP contribution in [-0.2, 0) is 4.74 Å². The van der Waals surface area contributed by atoms with Crippen molar-refractivity contribution in [2.24, 2.45) is 0 Å². The quantitative estimate of drug-likeness (QED) is 0.558. The number of carboxylic acids is 1. The molecule has 0 spiro atoms. The molecule has 1 aliphatic rings. The van der Waals surface area contributed by atoms with Gasteiger partial charge >= 0.3 is 5.97 Å². The first kappa shape index (κ1) is 20.6. The number of carbonyl (C=O) groups is 1. The number of benzene rings is 1. The highest BCUT2D eigenvalue weighted by molar-refractivity contribution is 7.09. The maximum atomic E-state index is 12.4. The Morgan fingerprint density at radius 1 is 1.39 bits per heavy atom. The molecule has 1 unspecified atom stereocenters. The highest BCUT2D eigenvalue weighted by Gasteiger charge is 2.31. The normalized spacial score (nSPS) is 14.1. The van der Waals surface area contributed by atoms with E-state index < -0.39 is 17.6 Å². The highest BCUT2D eigenvalue weighted by atomic mass is 32.1. The van der Waals surface area contributed by atoms with Crippen LogP contribution in [0, 0.1) is 11.3 Å². The molecule has 158 valence electrons. The van der Waals surface area contributed by atoms with E-state index in [2.05, 4.69) is 11.1 Å². The minimum Gasteiger partial charge on any atom is -0.492 e. The van der Waals surface area contributed by atoms with E-state index in [9.17, 15) is 20.0 Å². The number of thiazole rings is 1. The number of rotatable bonds is 7. The molecule has 1 N–H and O–H groups in total. The fraction of sp³-hybridized carbons (Fsp3) is 0.238. The zero-order valence-corrected chi connectivity index (χ0v) is 17.2. The number of hydrogen-bond donors (Lipinski definition) is 1. The van der Waals surface area contributed by atoms with Gasteiger partial charge in [0, 0.05) is 55.6 Å². The molecule has 1 aliphatic heterocycles. The number of carboxylic acid groups (broad SMARTS) is 1. The van der Waals surface area contributed by atoms with Crippen LogP contribution in [0.15, 0.2) is 40.8 Å². The van der Waals surface area contributed by atoms with Crippen molar-refractivity contribution in [3.63, 3.8) is 0 Å². The summed E-state index contributed by atoms with van der Waals surface area (Å²) in [5.74, 6) is -0.571. The first-order valence-corrected chi connectivity index (χ1v) is 10.2. The van der Waals surface area contributed by atoms with Crippen molar-refractivity contribution in [2.75, 3.05) is 20.3 Å². The van der Waals surface area contributed by atoms with Gasteiger partial charge in [0.2, 0.25) is 6.23 Å². The Hall–Kier alpha value is -3.68. The molecule has 3 heterocycles. The number of aromatic carboxylic acids is 1.